The van der Waals surface area contributed by atoms with Crippen molar-refractivity contribution in [2.75, 3.05) is 0 Å². The lowest BCUT2D eigenvalue weighted by molar-refractivity contribution is 0.444. The third-order valence-electron chi connectivity index (χ3n) is 4.61. The van der Waals surface area contributed by atoms with Crippen LogP contribution in [0.5, 0.6) is 0 Å². The van der Waals surface area contributed by atoms with E-state index in [9.17, 15) is 0 Å². The third-order valence-corrected chi connectivity index (χ3v) is 4.61. The predicted octanol–water partition coefficient (Wildman–Crippen LogP) is 5.37. The number of hydrogen-bond donors (Lipinski definition) is 1. The molecule has 4 rings (SSSR count). The number of benzene rings is 2. The second kappa shape index (κ2) is 4.41. The van der Waals surface area contributed by atoms with E-state index in [2.05, 4.69) is 47.4 Å². The fourth-order valence-electron chi connectivity index (χ4n) is 3.56. The number of H-pyrrole nitrogens is 1. The Morgan fingerprint density at radius 3 is 2.47 bits per heavy atom. The monoisotopic (exact) mass is 249 g/mol. The molecule has 0 atom stereocenters. The first-order valence-corrected chi connectivity index (χ1v) is 7.42. The number of nitrogens with one attached hydrogen (secondary N) is 1. The van der Waals surface area contributed by atoms with Crippen LogP contribution in [0.4, 0.5) is 0 Å². The molecule has 1 heteroatoms. The maximum Gasteiger partial charge on any atom is 0.0465 e. The SMILES string of the molecule is c1ccc2c(c1)[nH]c1ccc(C3CCCCC3)cc12. The molecule has 0 spiro atoms. The summed E-state index contributed by atoms with van der Waals surface area (Å²) in [6.45, 7) is 0. The van der Waals surface area contributed by atoms with Crippen molar-refractivity contribution >= 4 is 21.8 Å². The molecule has 3 aromatic rings. The minimum atomic E-state index is 0.784. The maximum atomic E-state index is 3.51. The third kappa shape index (κ3) is 1.85. The molecule has 2 aromatic carbocycles. The Morgan fingerprint density at radius 2 is 1.58 bits per heavy atom. The minimum Gasteiger partial charge on any atom is -0.355 e. The highest BCUT2D eigenvalue weighted by Gasteiger charge is 2.16. The number of para-hydroxylation sites is 1. The number of fused-ring (bicyclic) bond motifs is 3. The molecule has 1 fully saturated rings. The normalized spacial score (nSPS) is 17.3. The molecule has 1 aromatic heterocycles. The standard InChI is InChI=1S/C18H19N/c1-2-6-13(7-3-1)14-10-11-18-16(12-14)15-8-4-5-9-17(15)19-18/h4-5,8-13,19H,1-3,6-7H2. The van der Waals surface area contributed by atoms with Gasteiger partial charge in [-0.1, -0.05) is 43.5 Å². The van der Waals surface area contributed by atoms with Crippen LogP contribution in [0.1, 0.15) is 43.6 Å². The number of aromatic nitrogens is 1. The van der Waals surface area contributed by atoms with Crippen molar-refractivity contribution in [1.82, 2.24) is 4.98 Å². The van der Waals surface area contributed by atoms with Crippen molar-refractivity contribution in [3.05, 3.63) is 48.0 Å². The molecule has 0 bridgehead atoms. The molecule has 1 N–H and O–H groups in total. The largest absolute Gasteiger partial charge is 0.355 e. The van der Waals surface area contributed by atoms with Crippen LogP contribution < -0.4 is 0 Å². The topological polar surface area (TPSA) is 15.8 Å². The highest BCUT2D eigenvalue weighted by atomic mass is 14.7. The van der Waals surface area contributed by atoms with Crippen molar-refractivity contribution in [3.8, 4) is 0 Å². The summed E-state index contributed by atoms with van der Waals surface area (Å²) < 4.78 is 0. The lowest BCUT2D eigenvalue weighted by Crippen LogP contribution is -2.04. The van der Waals surface area contributed by atoms with Crippen molar-refractivity contribution in [1.29, 1.82) is 0 Å². The zero-order valence-electron chi connectivity index (χ0n) is 11.2. The molecular formula is C18H19N. The smallest absolute Gasteiger partial charge is 0.0465 e. The van der Waals surface area contributed by atoms with Crippen LogP contribution in [0.3, 0.4) is 0 Å². The van der Waals surface area contributed by atoms with Gasteiger partial charge in [-0.2, -0.15) is 0 Å². The van der Waals surface area contributed by atoms with Crippen LogP contribution in [0.25, 0.3) is 21.8 Å². The van der Waals surface area contributed by atoms with Crippen LogP contribution in [-0.2, 0) is 0 Å². The quantitative estimate of drug-likeness (QED) is 0.597. The molecule has 1 nitrogen and oxygen atoms in total. The van der Waals surface area contributed by atoms with E-state index in [1.165, 1.54) is 59.5 Å². The van der Waals surface area contributed by atoms with Gasteiger partial charge in [0.05, 0.1) is 0 Å². The summed E-state index contributed by atoms with van der Waals surface area (Å²) >= 11 is 0. The van der Waals surface area contributed by atoms with Gasteiger partial charge in [0.1, 0.15) is 0 Å². The van der Waals surface area contributed by atoms with Crippen LogP contribution in [-0.4, -0.2) is 4.98 Å². The summed E-state index contributed by atoms with van der Waals surface area (Å²) in [6, 6.07) is 15.6. The van der Waals surface area contributed by atoms with E-state index in [0.717, 1.165) is 5.92 Å². The number of aromatic amines is 1. The Labute approximate surface area is 113 Å². The van der Waals surface area contributed by atoms with Gasteiger partial charge in [-0.15, -0.1) is 0 Å². The zero-order chi connectivity index (χ0) is 12.7. The Bertz CT molecular complexity index is 717. The zero-order valence-corrected chi connectivity index (χ0v) is 11.2. The Balaban J connectivity index is 1.87. The average molecular weight is 249 g/mol. The number of rotatable bonds is 1. The van der Waals surface area contributed by atoms with E-state index >= 15 is 0 Å². The second-order valence-corrected chi connectivity index (χ2v) is 5.81. The van der Waals surface area contributed by atoms with Crippen LogP contribution in [0.2, 0.25) is 0 Å². The molecule has 1 aliphatic rings. The highest BCUT2D eigenvalue weighted by Crippen LogP contribution is 2.35. The van der Waals surface area contributed by atoms with Gasteiger partial charge >= 0.3 is 0 Å². The number of hydrogen-bond acceptors (Lipinski definition) is 0. The van der Waals surface area contributed by atoms with Gasteiger partial charge in [-0.3, -0.25) is 0 Å². The first-order valence-electron chi connectivity index (χ1n) is 7.42. The van der Waals surface area contributed by atoms with E-state index in [1.807, 2.05) is 0 Å². The van der Waals surface area contributed by atoms with Crippen molar-refractivity contribution in [2.24, 2.45) is 0 Å². The molecule has 1 heterocycles. The first kappa shape index (κ1) is 11.1. The molecule has 96 valence electrons. The maximum absolute atomic E-state index is 3.51. The predicted molar refractivity (Wildman–Crippen MR) is 81.6 cm³/mol. The van der Waals surface area contributed by atoms with Crippen molar-refractivity contribution in [3.63, 3.8) is 0 Å². The summed E-state index contributed by atoms with van der Waals surface area (Å²) in [6.07, 6.45) is 6.96. The first-order chi connectivity index (χ1) is 9.42. The van der Waals surface area contributed by atoms with Gasteiger partial charge in [-0.05, 0) is 42.5 Å². The van der Waals surface area contributed by atoms with Gasteiger partial charge < -0.3 is 4.98 Å². The van der Waals surface area contributed by atoms with Gasteiger partial charge in [0.25, 0.3) is 0 Å². The summed E-state index contributed by atoms with van der Waals surface area (Å²) in [5, 5.41) is 2.74. The van der Waals surface area contributed by atoms with E-state index in [4.69, 9.17) is 0 Å². The van der Waals surface area contributed by atoms with Gasteiger partial charge in [-0.25, -0.2) is 0 Å². The van der Waals surface area contributed by atoms with Gasteiger partial charge in [0.15, 0.2) is 0 Å². The molecule has 0 amide bonds. The highest BCUT2D eigenvalue weighted by molar-refractivity contribution is 6.07. The molecule has 1 aliphatic carbocycles. The minimum absolute atomic E-state index is 0.784. The van der Waals surface area contributed by atoms with E-state index < -0.39 is 0 Å². The van der Waals surface area contributed by atoms with Crippen molar-refractivity contribution in [2.45, 2.75) is 38.0 Å². The van der Waals surface area contributed by atoms with E-state index in [0.29, 0.717) is 0 Å². The molecule has 1 saturated carbocycles. The molecule has 0 radical (unpaired) electrons. The molecule has 19 heavy (non-hydrogen) atoms. The van der Waals surface area contributed by atoms with Crippen molar-refractivity contribution < 1.29 is 0 Å². The second-order valence-electron chi connectivity index (χ2n) is 5.81. The molecule has 0 unspecified atom stereocenters. The lowest BCUT2D eigenvalue weighted by atomic mass is 9.84. The Morgan fingerprint density at radius 1 is 0.789 bits per heavy atom. The average Bonchev–Trinajstić information content (AvgIpc) is 2.86. The van der Waals surface area contributed by atoms with Crippen LogP contribution in [0.15, 0.2) is 42.5 Å². The summed E-state index contributed by atoms with van der Waals surface area (Å²) in [5.41, 5.74) is 4.05. The Hall–Kier alpha value is -1.76. The molecule has 0 saturated heterocycles. The summed E-state index contributed by atoms with van der Waals surface area (Å²) in [4.78, 5) is 3.51. The summed E-state index contributed by atoms with van der Waals surface area (Å²) in [5.74, 6) is 0.784. The van der Waals surface area contributed by atoms with Gasteiger partial charge in [0.2, 0.25) is 0 Å². The van der Waals surface area contributed by atoms with Crippen LogP contribution >= 0.6 is 0 Å². The molecular weight excluding hydrogens is 230 g/mol. The van der Waals surface area contributed by atoms with Gasteiger partial charge in [0, 0.05) is 21.8 Å². The summed E-state index contributed by atoms with van der Waals surface area (Å²) in [7, 11) is 0. The fourth-order valence-corrected chi connectivity index (χ4v) is 3.56. The Kier molecular flexibility index (Phi) is 2.58. The van der Waals surface area contributed by atoms with E-state index in [1.54, 1.807) is 0 Å². The van der Waals surface area contributed by atoms with Crippen LogP contribution in [0, 0.1) is 0 Å². The fraction of sp³-hybridized carbons (Fsp3) is 0.333. The lowest BCUT2D eigenvalue weighted by Gasteiger charge is -2.22. The van der Waals surface area contributed by atoms with E-state index in [-0.39, 0.29) is 0 Å². The molecule has 0 aliphatic heterocycles.